The van der Waals surface area contributed by atoms with Crippen LogP contribution in [0.4, 0.5) is 0 Å². The molecule has 0 bridgehead atoms. The van der Waals surface area contributed by atoms with Crippen LogP contribution in [0.2, 0.25) is 0 Å². The number of nitrogens with zero attached hydrogens (tertiary/aromatic N) is 1. The van der Waals surface area contributed by atoms with E-state index < -0.39 is 5.97 Å². The monoisotopic (exact) mass is 302 g/mol. The Morgan fingerprint density at radius 1 is 1.25 bits per heavy atom. The topological polar surface area (TPSA) is 101 Å². The molecule has 1 atom stereocenters. The van der Waals surface area contributed by atoms with Gasteiger partial charge in [0, 0.05) is 31.2 Å². The number of carbonyl (C=O) groups excluding carboxylic acids is 2. The smallest absolute Gasteiger partial charge is 0.303 e. The number of hydrogen-bond donors (Lipinski definition) is 2. The highest BCUT2D eigenvalue weighted by Crippen LogP contribution is 2.22. The summed E-state index contributed by atoms with van der Waals surface area (Å²) in [6, 6.07) is 0.0495. The Hall–Kier alpha value is -1.24. The summed E-state index contributed by atoms with van der Waals surface area (Å²) >= 11 is 1.36. The standard InChI is InChI=1S/C13H22N2O4S/c14-11(16)9-20-8-6-12(17)15-7-2-1-3-10(15)4-5-13(18)19/h10H,1-9H2,(H2,14,16)(H,18,19). The number of thioether (sulfide) groups is 1. The quantitative estimate of drug-likeness (QED) is 0.647. The Balaban J connectivity index is 2.37. The van der Waals surface area contributed by atoms with E-state index in [-0.39, 0.29) is 30.0 Å². The third-order valence-electron chi connectivity index (χ3n) is 3.34. The van der Waals surface area contributed by atoms with Gasteiger partial charge in [0.1, 0.15) is 0 Å². The normalized spacial score (nSPS) is 18.8. The second kappa shape index (κ2) is 8.84. The molecular formula is C13H22N2O4S. The molecule has 6 nitrogen and oxygen atoms in total. The van der Waals surface area contributed by atoms with E-state index in [0.29, 0.717) is 25.1 Å². The van der Waals surface area contributed by atoms with E-state index in [4.69, 9.17) is 10.8 Å². The Bertz CT molecular complexity index is 362. The van der Waals surface area contributed by atoms with Crippen molar-refractivity contribution in [2.75, 3.05) is 18.1 Å². The number of hydrogen-bond acceptors (Lipinski definition) is 4. The molecule has 7 heteroatoms. The number of primary amides is 1. The fourth-order valence-electron chi connectivity index (χ4n) is 2.39. The fourth-order valence-corrected chi connectivity index (χ4v) is 3.06. The lowest BCUT2D eigenvalue weighted by Gasteiger charge is -2.35. The molecule has 1 heterocycles. The maximum Gasteiger partial charge on any atom is 0.303 e. The van der Waals surface area contributed by atoms with E-state index in [2.05, 4.69) is 0 Å². The van der Waals surface area contributed by atoms with E-state index in [9.17, 15) is 14.4 Å². The minimum Gasteiger partial charge on any atom is -0.481 e. The number of piperidine rings is 1. The van der Waals surface area contributed by atoms with Crippen LogP contribution in [0.25, 0.3) is 0 Å². The number of likely N-dealkylation sites (tertiary alicyclic amines) is 1. The Labute approximate surface area is 123 Å². The van der Waals surface area contributed by atoms with E-state index in [1.807, 2.05) is 4.90 Å². The van der Waals surface area contributed by atoms with Crippen molar-refractivity contribution >= 4 is 29.5 Å². The molecule has 0 aromatic carbocycles. The maximum absolute atomic E-state index is 12.1. The van der Waals surface area contributed by atoms with Crippen LogP contribution in [-0.4, -0.2) is 51.9 Å². The molecule has 2 amide bonds. The van der Waals surface area contributed by atoms with Gasteiger partial charge in [0.05, 0.1) is 5.75 Å². The minimum atomic E-state index is -0.819. The SMILES string of the molecule is NC(=O)CSCCC(=O)N1CCCCC1CCC(=O)O. The van der Waals surface area contributed by atoms with Crippen molar-refractivity contribution in [2.45, 2.75) is 44.6 Å². The summed E-state index contributed by atoms with van der Waals surface area (Å²) in [6.07, 6.45) is 3.91. The lowest BCUT2D eigenvalue weighted by atomic mass is 9.97. The van der Waals surface area contributed by atoms with Gasteiger partial charge in [-0.15, -0.1) is 0 Å². The van der Waals surface area contributed by atoms with Gasteiger partial charge in [0.2, 0.25) is 11.8 Å². The molecule has 1 aliphatic heterocycles. The molecule has 0 saturated carbocycles. The van der Waals surface area contributed by atoms with Crippen LogP contribution in [0.5, 0.6) is 0 Å². The van der Waals surface area contributed by atoms with Crippen LogP contribution in [-0.2, 0) is 14.4 Å². The van der Waals surface area contributed by atoms with Gasteiger partial charge in [-0.25, -0.2) is 0 Å². The summed E-state index contributed by atoms with van der Waals surface area (Å²) in [6.45, 7) is 0.712. The van der Waals surface area contributed by atoms with E-state index in [0.717, 1.165) is 19.3 Å². The molecule has 1 unspecified atom stereocenters. The van der Waals surface area contributed by atoms with Crippen molar-refractivity contribution in [3.05, 3.63) is 0 Å². The summed E-state index contributed by atoms with van der Waals surface area (Å²) in [5, 5.41) is 8.74. The number of carboxylic acids is 1. The second-order valence-corrected chi connectivity index (χ2v) is 6.04. The average molecular weight is 302 g/mol. The molecule has 0 aromatic rings. The van der Waals surface area contributed by atoms with Crippen molar-refractivity contribution in [1.29, 1.82) is 0 Å². The lowest BCUT2D eigenvalue weighted by Crippen LogP contribution is -2.44. The third-order valence-corrected chi connectivity index (χ3v) is 4.32. The Morgan fingerprint density at radius 3 is 2.65 bits per heavy atom. The van der Waals surface area contributed by atoms with Gasteiger partial charge in [-0.3, -0.25) is 14.4 Å². The molecule has 1 saturated heterocycles. The number of carboxylic acid groups (broad SMARTS) is 1. The molecule has 1 fully saturated rings. The number of carbonyl (C=O) groups is 3. The summed E-state index contributed by atoms with van der Waals surface area (Å²) in [5.41, 5.74) is 5.03. The number of rotatable bonds is 8. The first kappa shape index (κ1) is 16.8. The zero-order valence-corrected chi connectivity index (χ0v) is 12.4. The molecule has 20 heavy (non-hydrogen) atoms. The molecule has 1 rings (SSSR count). The van der Waals surface area contributed by atoms with E-state index in [1.165, 1.54) is 11.8 Å². The highest BCUT2D eigenvalue weighted by atomic mass is 32.2. The first-order valence-electron chi connectivity index (χ1n) is 6.88. The second-order valence-electron chi connectivity index (χ2n) is 4.94. The summed E-state index contributed by atoms with van der Waals surface area (Å²) in [7, 11) is 0. The first-order chi connectivity index (χ1) is 9.50. The van der Waals surface area contributed by atoms with Crippen LogP contribution in [0.15, 0.2) is 0 Å². The van der Waals surface area contributed by atoms with Crippen molar-refractivity contribution in [3.8, 4) is 0 Å². The highest BCUT2D eigenvalue weighted by Gasteiger charge is 2.26. The zero-order valence-electron chi connectivity index (χ0n) is 11.5. The summed E-state index contributed by atoms with van der Waals surface area (Å²) in [5.74, 6) is -0.337. The number of aliphatic carboxylic acids is 1. The summed E-state index contributed by atoms with van der Waals surface area (Å²) < 4.78 is 0. The van der Waals surface area contributed by atoms with Gasteiger partial charge in [-0.2, -0.15) is 11.8 Å². The van der Waals surface area contributed by atoms with Gasteiger partial charge in [-0.05, 0) is 25.7 Å². The first-order valence-corrected chi connectivity index (χ1v) is 8.03. The van der Waals surface area contributed by atoms with Gasteiger partial charge in [0.25, 0.3) is 0 Å². The molecule has 1 aliphatic rings. The average Bonchev–Trinajstić information content (AvgIpc) is 2.41. The van der Waals surface area contributed by atoms with E-state index >= 15 is 0 Å². The molecular weight excluding hydrogens is 280 g/mol. The van der Waals surface area contributed by atoms with Crippen LogP contribution < -0.4 is 5.73 Å². The highest BCUT2D eigenvalue weighted by molar-refractivity contribution is 7.99. The van der Waals surface area contributed by atoms with Crippen molar-refractivity contribution in [3.63, 3.8) is 0 Å². The number of nitrogens with two attached hydrogens (primary N) is 1. The lowest BCUT2D eigenvalue weighted by molar-refractivity contribution is -0.140. The zero-order chi connectivity index (χ0) is 15.0. The van der Waals surface area contributed by atoms with Crippen molar-refractivity contribution < 1.29 is 19.5 Å². The van der Waals surface area contributed by atoms with Crippen LogP contribution in [0, 0.1) is 0 Å². The number of amides is 2. The maximum atomic E-state index is 12.1. The minimum absolute atomic E-state index is 0.0495. The molecule has 0 spiro atoms. The molecule has 0 radical (unpaired) electrons. The van der Waals surface area contributed by atoms with Crippen molar-refractivity contribution in [2.24, 2.45) is 5.73 Å². The molecule has 3 N–H and O–H groups in total. The predicted molar refractivity (Wildman–Crippen MR) is 77.4 cm³/mol. The fraction of sp³-hybridized carbons (Fsp3) is 0.769. The molecule has 0 aliphatic carbocycles. The molecule has 114 valence electrons. The Morgan fingerprint density at radius 2 is 2.00 bits per heavy atom. The summed E-state index contributed by atoms with van der Waals surface area (Å²) in [4.78, 5) is 35.2. The van der Waals surface area contributed by atoms with E-state index in [1.54, 1.807) is 0 Å². The molecule has 0 aromatic heterocycles. The van der Waals surface area contributed by atoms with Gasteiger partial charge >= 0.3 is 5.97 Å². The van der Waals surface area contributed by atoms with Crippen LogP contribution in [0.3, 0.4) is 0 Å². The van der Waals surface area contributed by atoms with Gasteiger partial charge in [-0.1, -0.05) is 0 Å². The third kappa shape index (κ3) is 6.27. The van der Waals surface area contributed by atoms with Crippen molar-refractivity contribution in [1.82, 2.24) is 4.90 Å². The van der Waals surface area contributed by atoms with Gasteiger partial charge in [0.15, 0.2) is 0 Å². The van der Waals surface area contributed by atoms with Crippen LogP contribution >= 0.6 is 11.8 Å². The predicted octanol–water partition coefficient (Wildman–Crippen LogP) is 0.841. The Kier molecular flexibility index (Phi) is 7.43. The largest absolute Gasteiger partial charge is 0.481 e. The van der Waals surface area contributed by atoms with Crippen LogP contribution in [0.1, 0.15) is 38.5 Å². The van der Waals surface area contributed by atoms with Gasteiger partial charge < -0.3 is 15.7 Å².